The van der Waals surface area contributed by atoms with Crippen LogP contribution >= 0.6 is 11.3 Å². The van der Waals surface area contributed by atoms with Crippen LogP contribution in [0.1, 0.15) is 48.0 Å². The fourth-order valence-corrected chi connectivity index (χ4v) is 3.19. The number of aromatic nitrogens is 2. The van der Waals surface area contributed by atoms with Gasteiger partial charge in [0.25, 0.3) is 5.91 Å². The van der Waals surface area contributed by atoms with Crippen molar-refractivity contribution in [1.29, 1.82) is 0 Å². The van der Waals surface area contributed by atoms with E-state index < -0.39 is 0 Å². The van der Waals surface area contributed by atoms with Crippen molar-refractivity contribution in [2.45, 2.75) is 32.6 Å². The molecule has 4 nitrogen and oxygen atoms in total. The van der Waals surface area contributed by atoms with Crippen LogP contribution in [-0.4, -0.2) is 22.0 Å². The van der Waals surface area contributed by atoms with Gasteiger partial charge in [0.1, 0.15) is 4.88 Å². The molecule has 0 aliphatic heterocycles. The third kappa shape index (κ3) is 2.77. The van der Waals surface area contributed by atoms with Crippen molar-refractivity contribution < 1.29 is 4.79 Å². The number of amides is 1. The van der Waals surface area contributed by atoms with Crippen LogP contribution < -0.4 is 5.32 Å². The number of carbonyl (C=O) groups is 1. The van der Waals surface area contributed by atoms with Crippen LogP contribution in [0, 0.1) is 5.92 Å². The predicted molar refractivity (Wildman–Crippen MR) is 80.6 cm³/mol. The number of nitrogens with zero attached hydrogens (tertiary/aromatic N) is 2. The molecule has 0 spiro atoms. The molecule has 0 bridgehead atoms. The number of hydrogen-bond acceptors (Lipinski definition) is 3. The molecular formula is C15H19N3OS. The van der Waals surface area contributed by atoms with Gasteiger partial charge in [-0.25, -0.2) is 4.98 Å². The van der Waals surface area contributed by atoms with Crippen molar-refractivity contribution in [2.75, 3.05) is 6.54 Å². The summed E-state index contributed by atoms with van der Waals surface area (Å²) in [5, 5.41) is 3.89. The molecule has 0 unspecified atom stereocenters. The number of rotatable bonds is 5. The number of nitrogens with one attached hydrogen (secondary N) is 1. The van der Waals surface area contributed by atoms with Crippen molar-refractivity contribution in [3.8, 4) is 5.13 Å². The average molecular weight is 289 g/mol. The van der Waals surface area contributed by atoms with E-state index in [1.807, 2.05) is 29.1 Å². The molecule has 0 saturated heterocycles. The maximum atomic E-state index is 12.3. The highest BCUT2D eigenvalue weighted by molar-refractivity contribution is 7.16. The summed E-state index contributed by atoms with van der Waals surface area (Å²) < 4.78 is 1.95. The van der Waals surface area contributed by atoms with Gasteiger partial charge in [0, 0.05) is 18.9 Å². The van der Waals surface area contributed by atoms with Gasteiger partial charge in [0.2, 0.25) is 0 Å². The second kappa shape index (κ2) is 5.40. The van der Waals surface area contributed by atoms with E-state index in [-0.39, 0.29) is 11.8 Å². The van der Waals surface area contributed by atoms with Crippen LogP contribution in [-0.2, 0) is 0 Å². The first kappa shape index (κ1) is 13.4. The van der Waals surface area contributed by atoms with E-state index in [2.05, 4.69) is 24.1 Å². The lowest BCUT2D eigenvalue weighted by molar-refractivity contribution is 0.0954. The summed E-state index contributed by atoms with van der Waals surface area (Å²) in [7, 11) is 0. The minimum Gasteiger partial charge on any atom is -0.351 e. The van der Waals surface area contributed by atoms with Crippen LogP contribution in [0.25, 0.3) is 5.13 Å². The minimum absolute atomic E-state index is 0.0245. The highest BCUT2D eigenvalue weighted by Crippen LogP contribution is 2.29. The topological polar surface area (TPSA) is 46.9 Å². The average Bonchev–Trinajstić information content (AvgIpc) is 2.94. The predicted octanol–water partition coefficient (Wildman–Crippen LogP) is 3.20. The third-order valence-electron chi connectivity index (χ3n) is 3.47. The Morgan fingerprint density at radius 2 is 2.15 bits per heavy atom. The highest BCUT2D eigenvalue weighted by atomic mass is 32.1. The van der Waals surface area contributed by atoms with Crippen LogP contribution in [0.3, 0.4) is 0 Å². The third-order valence-corrected chi connectivity index (χ3v) is 4.55. The van der Waals surface area contributed by atoms with Crippen LogP contribution in [0.15, 0.2) is 24.5 Å². The summed E-state index contributed by atoms with van der Waals surface area (Å²) in [5.41, 5.74) is 0.895. The number of thiazole rings is 1. The lowest BCUT2D eigenvalue weighted by atomic mass is 10.1. The lowest BCUT2D eigenvalue weighted by Crippen LogP contribution is -2.25. The molecule has 1 N–H and O–H groups in total. The maximum absolute atomic E-state index is 12.3. The van der Waals surface area contributed by atoms with Gasteiger partial charge in [-0.1, -0.05) is 25.2 Å². The molecule has 2 aromatic rings. The molecule has 20 heavy (non-hydrogen) atoms. The smallest absolute Gasteiger partial charge is 0.263 e. The lowest BCUT2D eigenvalue weighted by Gasteiger charge is -2.05. The molecule has 1 aliphatic carbocycles. The zero-order valence-corrected chi connectivity index (χ0v) is 12.6. The van der Waals surface area contributed by atoms with Gasteiger partial charge < -0.3 is 9.88 Å². The normalized spacial score (nSPS) is 14.8. The Labute approximate surface area is 122 Å². The minimum atomic E-state index is 0.0245. The van der Waals surface area contributed by atoms with E-state index in [9.17, 15) is 4.79 Å². The van der Waals surface area contributed by atoms with E-state index in [0.29, 0.717) is 5.92 Å². The quantitative estimate of drug-likeness (QED) is 0.919. The van der Waals surface area contributed by atoms with Crippen molar-refractivity contribution >= 4 is 17.2 Å². The van der Waals surface area contributed by atoms with Gasteiger partial charge in [0.15, 0.2) is 5.13 Å². The van der Waals surface area contributed by atoms with E-state index in [1.165, 1.54) is 24.2 Å². The van der Waals surface area contributed by atoms with E-state index in [1.54, 1.807) is 0 Å². The number of hydrogen-bond donors (Lipinski definition) is 1. The Morgan fingerprint density at radius 3 is 2.75 bits per heavy atom. The molecular weight excluding hydrogens is 270 g/mol. The maximum Gasteiger partial charge on any atom is 0.263 e. The molecule has 1 saturated carbocycles. The second-order valence-corrected chi connectivity index (χ2v) is 6.59. The summed E-state index contributed by atoms with van der Waals surface area (Å²) in [6, 6.07) is 3.92. The van der Waals surface area contributed by atoms with E-state index >= 15 is 0 Å². The fraction of sp³-hybridized carbons (Fsp3) is 0.467. The molecule has 106 valence electrons. The van der Waals surface area contributed by atoms with Gasteiger partial charge in [-0.05, 0) is 36.8 Å². The molecule has 5 heteroatoms. The fourth-order valence-electron chi connectivity index (χ4n) is 2.09. The van der Waals surface area contributed by atoms with Crippen molar-refractivity contribution in [3.05, 3.63) is 35.1 Å². The first-order valence-corrected chi connectivity index (χ1v) is 7.89. The largest absolute Gasteiger partial charge is 0.351 e. The Kier molecular flexibility index (Phi) is 3.61. The standard InChI is InChI=1S/C15H19N3OS/c1-10(2)12-13(14(19)16-9-11-5-6-11)20-15(17-12)18-7-3-4-8-18/h3-4,7-8,10-11H,5-6,9H2,1-2H3,(H,16,19). The van der Waals surface area contributed by atoms with E-state index in [0.717, 1.165) is 22.2 Å². The van der Waals surface area contributed by atoms with Crippen LogP contribution in [0.2, 0.25) is 0 Å². The second-order valence-electron chi connectivity index (χ2n) is 5.61. The van der Waals surface area contributed by atoms with Gasteiger partial charge in [0.05, 0.1) is 5.69 Å². The van der Waals surface area contributed by atoms with Gasteiger partial charge >= 0.3 is 0 Å². The Bertz CT molecular complexity index is 597. The molecule has 1 aliphatic rings. The highest BCUT2D eigenvalue weighted by Gasteiger charge is 2.25. The molecule has 0 atom stereocenters. The van der Waals surface area contributed by atoms with Gasteiger partial charge in [-0.3, -0.25) is 4.79 Å². The Balaban J connectivity index is 1.85. The molecule has 0 aromatic carbocycles. The first-order valence-electron chi connectivity index (χ1n) is 7.07. The van der Waals surface area contributed by atoms with Crippen molar-refractivity contribution in [2.24, 2.45) is 5.92 Å². The molecule has 2 heterocycles. The SMILES string of the molecule is CC(C)c1nc(-n2cccc2)sc1C(=O)NCC1CC1. The van der Waals surface area contributed by atoms with E-state index in [4.69, 9.17) is 0 Å². The molecule has 1 fully saturated rings. The molecule has 0 radical (unpaired) electrons. The van der Waals surface area contributed by atoms with Crippen molar-refractivity contribution in [1.82, 2.24) is 14.9 Å². The zero-order valence-electron chi connectivity index (χ0n) is 11.8. The summed E-state index contributed by atoms with van der Waals surface area (Å²) >= 11 is 1.47. The molecule has 2 aromatic heterocycles. The zero-order chi connectivity index (χ0) is 14.1. The summed E-state index contributed by atoms with van der Waals surface area (Å²) in [4.78, 5) is 17.7. The van der Waals surface area contributed by atoms with Crippen LogP contribution in [0.4, 0.5) is 0 Å². The summed E-state index contributed by atoms with van der Waals surface area (Å²) in [6.45, 7) is 4.95. The van der Waals surface area contributed by atoms with Crippen molar-refractivity contribution in [3.63, 3.8) is 0 Å². The first-order chi connectivity index (χ1) is 9.65. The van der Waals surface area contributed by atoms with Gasteiger partial charge in [-0.2, -0.15) is 0 Å². The molecule has 1 amide bonds. The van der Waals surface area contributed by atoms with Gasteiger partial charge in [-0.15, -0.1) is 0 Å². The Hall–Kier alpha value is -1.62. The monoisotopic (exact) mass is 289 g/mol. The number of carbonyl (C=O) groups excluding carboxylic acids is 1. The van der Waals surface area contributed by atoms with Crippen LogP contribution in [0.5, 0.6) is 0 Å². The summed E-state index contributed by atoms with van der Waals surface area (Å²) in [6.07, 6.45) is 6.40. The Morgan fingerprint density at radius 1 is 1.45 bits per heavy atom. The summed E-state index contributed by atoms with van der Waals surface area (Å²) in [5.74, 6) is 0.965. The molecule has 3 rings (SSSR count).